The first kappa shape index (κ1) is 12.2. The Morgan fingerprint density at radius 3 is 2.95 bits per heavy atom. The van der Waals surface area contributed by atoms with E-state index in [9.17, 15) is 9.90 Å². The van der Waals surface area contributed by atoms with Gasteiger partial charge in [0.15, 0.2) is 0 Å². The van der Waals surface area contributed by atoms with E-state index in [0.29, 0.717) is 23.4 Å². The van der Waals surface area contributed by atoms with Crippen LogP contribution in [0.2, 0.25) is 0 Å². The van der Waals surface area contributed by atoms with Crippen molar-refractivity contribution < 1.29 is 9.90 Å². The van der Waals surface area contributed by atoms with Gasteiger partial charge < -0.3 is 5.11 Å². The minimum absolute atomic E-state index is 0.109. The van der Waals surface area contributed by atoms with Gasteiger partial charge in [-0.05, 0) is 66.4 Å². The van der Waals surface area contributed by atoms with Gasteiger partial charge in [-0.15, -0.1) is 0 Å². The number of allylic oxidation sites excluding steroid dienone is 2. The summed E-state index contributed by atoms with van der Waals surface area (Å²) < 4.78 is 0. The number of benzene rings is 1. The van der Waals surface area contributed by atoms with E-state index in [-0.39, 0.29) is 5.41 Å². The zero-order chi connectivity index (χ0) is 13.9. The molecule has 4 rings (SSSR count). The molecule has 0 aliphatic heterocycles. The molecule has 0 amide bonds. The predicted octanol–water partition coefficient (Wildman–Crippen LogP) is 3.73. The average Bonchev–Trinajstić information content (AvgIpc) is 2.74. The summed E-state index contributed by atoms with van der Waals surface area (Å²) in [5, 5.41) is 9.65. The van der Waals surface area contributed by atoms with Crippen LogP contribution in [0.1, 0.15) is 43.7 Å². The van der Waals surface area contributed by atoms with Crippen molar-refractivity contribution in [3.8, 4) is 5.75 Å². The Bertz CT molecular complexity index is 628. The van der Waals surface area contributed by atoms with E-state index in [1.807, 2.05) is 6.07 Å². The highest BCUT2D eigenvalue weighted by Gasteiger charge is 2.51. The Kier molecular flexibility index (Phi) is 2.42. The number of aromatic hydroxyl groups is 1. The van der Waals surface area contributed by atoms with Crippen molar-refractivity contribution in [2.45, 2.75) is 39.0 Å². The van der Waals surface area contributed by atoms with Gasteiger partial charge in [0, 0.05) is 11.8 Å². The molecule has 0 aromatic heterocycles. The van der Waals surface area contributed by atoms with Gasteiger partial charge >= 0.3 is 0 Å². The van der Waals surface area contributed by atoms with E-state index in [0.717, 1.165) is 32.1 Å². The van der Waals surface area contributed by atoms with E-state index in [1.54, 1.807) is 6.07 Å². The maximum absolute atomic E-state index is 12.2. The molecule has 3 aliphatic rings. The second kappa shape index (κ2) is 3.97. The van der Waals surface area contributed by atoms with Crippen molar-refractivity contribution in [3.63, 3.8) is 0 Å². The lowest BCUT2D eigenvalue weighted by Gasteiger charge is -2.43. The fraction of sp³-hybridized carbons (Fsp3) is 0.500. The molecule has 3 atom stereocenters. The molecule has 3 aliphatic carbocycles. The predicted molar refractivity (Wildman–Crippen MR) is 78.3 cm³/mol. The monoisotopic (exact) mass is 268 g/mol. The Morgan fingerprint density at radius 2 is 2.10 bits per heavy atom. The number of ketones is 1. The second-order valence-corrected chi connectivity index (χ2v) is 6.84. The molecule has 1 aromatic carbocycles. The molecule has 0 spiro atoms. The molecular weight excluding hydrogens is 248 g/mol. The first-order valence-electron chi connectivity index (χ1n) is 7.65. The number of hydrogen-bond donors (Lipinski definition) is 1. The normalized spacial score (nSPS) is 35.0. The molecule has 2 nitrogen and oxygen atoms in total. The Labute approximate surface area is 119 Å². The molecule has 2 heteroatoms. The zero-order valence-electron chi connectivity index (χ0n) is 11.9. The summed E-state index contributed by atoms with van der Waals surface area (Å²) >= 11 is 0. The van der Waals surface area contributed by atoms with Crippen LogP contribution in [0.4, 0.5) is 0 Å². The summed E-state index contributed by atoms with van der Waals surface area (Å²) in [7, 11) is 0. The quantitative estimate of drug-likeness (QED) is 0.778. The van der Waals surface area contributed by atoms with Crippen molar-refractivity contribution in [3.05, 3.63) is 35.4 Å². The summed E-state index contributed by atoms with van der Waals surface area (Å²) in [5.41, 5.74) is 3.90. The number of fused-ring (bicyclic) bond motifs is 5. The van der Waals surface area contributed by atoms with E-state index >= 15 is 0 Å². The molecule has 1 fully saturated rings. The van der Waals surface area contributed by atoms with Crippen molar-refractivity contribution >= 4 is 11.4 Å². The molecule has 0 radical (unpaired) electrons. The van der Waals surface area contributed by atoms with Gasteiger partial charge in [0.1, 0.15) is 11.5 Å². The molecule has 20 heavy (non-hydrogen) atoms. The Hall–Kier alpha value is -1.57. The molecule has 104 valence electrons. The molecule has 0 heterocycles. The van der Waals surface area contributed by atoms with Crippen LogP contribution in [0.3, 0.4) is 0 Å². The highest BCUT2D eigenvalue weighted by molar-refractivity contribution is 5.89. The fourth-order valence-corrected chi connectivity index (χ4v) is 4.74. The lowest BCUT2D eigenvalue weighted by Crippen LogP contribution is -2.38. The number of phenolic OH excluding ortho intramolecular Hbond substituents is 1. The molecule has 0 unspecified atom stereocenters. The highest BCUT2D eigenvalue weighted by Crippen LogP contribution is 2.56. The van der Waals surface area contributed by atoms with Crippen LogP contribution in [0.5, 0.6) is 5.75 Å². The minimum atomic E-state index is -0.109. The van der Waals surface area contributed by atoms with Gasteiger partial charge in [-0.3, -0.25) is 4.79 Å². The lowest BCUT2D eigenvalue weighted by molar-refractivity contribution is -0.126. The summed E-state index contributed by atoms with van der Waals surface area (Å²) in [4.78, 5) is 12.2. The number of rotatable bonds is 0. The van der Waals surface area contributed by atoms with Crippen LogP contribution in [0.25, 0.3) is 5.57 Å². The fourth-order valence-electron chi connectivity index (χ4n) is 4.74. The van der Waals surface area contributed by atoms with Crippen LogP contribution in [-0.4, -0.2) is 10.9 Å². The third-order valence-electron chi connectivity index (χ3n) is 5.89. The first-order chi connectivity index (χ1) is 9.59. The van der Waals surface area contributed by atoms with Crippen molar-refractivity contribution in [1.82, 2.24) is 0 Å². The zero-order valence-corrected chi connectivity index (χ0v) is 11.9. The summed E-state index contributed by atoms with van der Waals surface area (Å²) in [6.07, 6.45) is 7.16. The average molecular weight is 268 g/mol. The number of hydrogen-bond acceptors (Lipinski definition) is 2. The van der Waals surface area contributed by atoms with Gasteiger partial charge in [0.25, 0.3) is 0 Å². The first-order valence-corrected chi connectivity index (χ1v) is 7.65. The molecule has 1 N–H and O–H groups in total. The summed E-state index contributed by atoms with van der Waals surface area (Å²) in [5.74, 6) is 1.89. The Balaban J connectivity index is 1.81. The molecular formula is C18H20O2. The van der Waals surface area contributed by atoms with Gasteiger partial charge in [-0.1, -0.05) is 19.1 Å². The van der Waals surface area contributed by atoms with Crippen molar-refractivity contribution in [1.29, 1.82) is 0 Å². The van der Waals surface area contributed by atoms with Gasteiger partial charge in [-0.2, -0.15) is 0 Å². The number of Topliss-reactive ketones (excluding diaryl/α,β-unsaturated/α-hetero) is 1. The molecule has 1 saturated carbocycles. The van der Waals surface area contributed by atoms with Crippen LogP contribution < -0.4 is 0 Å². The number of carbonyl (C=O) groups is 1. The van der Waals surface area contributed by atoms with Gasteiger partial charge in [0.05, 0.1) is 0 Å². The van der Waals surface area contributed by atoms with Crippen LogP contribution in [0, 0.1) is 17.3 Å². The Morgan fingerprint density at radius 1 is 1.25 bits per heavy atom. The highest BCUT2D eigenvalue weighted by atomic mass is 16.3. The van der Waals surface area contributed by atoms with E-state index < -0.39 is 0 Å². The third-order valence-corrected chi connectivity index (χ3v) is 5.89. The SMILES string of the molecule is C[C@@]12CC=C3c4ccc(O)cc4CC[C@H]3[C@H]1CCC2=O. The molecule has 0 saturated heterocycles. The van der Waals surface area contributed by atoms with Gasteiger partial charge in [0.2, 0.25) is 0 Å². The maximum atomic E-state index is 12.2. The van der Waals surface area contributed by atoms with Crippen molar-refractivity contribution in [2.75, 3.05) is 0 Å². The largest absolute Gasteiger partial charge is 0.508 e. The standard InChI is InChI=1S/C18H20O2/c1-18-9-8-14-13-5-3-12(19)10-11(13)2-4-15(14)16(18)6-7-17(18)20/h3,5,8,10,15-16,19H,2,4,6-7,9H2,1H3/t15-,16-,18-/m1/s1. The summed E-state index contributed by atoms with van der Waals surface area (Å²) in [6, 6.07) is 5.75. The van der Waals surface area contributed by atoms with E-state index in [4.69, 9.17) is 0 Å². The van der Waals surface area contributed by atoms with E-state index in [2.05, 4.69) is 19.1 Å². The number of phenols is 1. The summed E-state index contributed by atoms with van der Waals surface area (Å²) in [6.45, 7) is 2.17. The lowest BCUT2D eigenvalue weighted by atomic mass is 9.60. The topological polar surface area (TPSA) is 37.3 Å². The maximum Gasteiger partial charge on any atom is 0.139 e. The smallest absolute Gasteiger partial charge is 0.139 e. The van der Waals surface area contributed by atoms with Crippen LogP contribution >= 0.6 is 0 Å². The number of carbonyl (C=O) groups excluding carboxylic acids is 1. The molecule has 1 aromatic rings. The minimum Gasteiger partial charge on any atom is -0.508 e. The van der Waals surface area contributed by atoms with Crippen LogP contribution in [0.15, 0.2) is 24.3 Å². The number of aryl methyl sites for hydroxylation is 1. The second-order valence-electron chi connectivity index (χ2n) is 6.84. The molecule has 0 bridgehead atoms. The van der Waals surface area contributed by atoms with Crippen molar-refractivity contribution in [2.24, 2.45) is 17.3 Å². The third kappa shape index (κ3) is 1.48. The van der Waals surface area contributed by atoms with E-state index in [1.165, 1.54) is 16.7 Å². The van der Waals surface area contributed by atoms with Gasteiger partial charge in [-0.25, -0.2) is 0 Å². The van der Waals surface area contributed by atoms with Crippen LogP contribution in [-0.2, 0) is 11.2 Å².